The van der Waals surface area contributed by atoms with E-state index in [9.17, 15) is 45.0 Å². The summed E-state index contributed by atoms with van der Waals surface area (Å²) in [5.74, 6) is 0.280. The van der Waals surface area contributed by atoms with Crippen LogP contribution in [0.3, 0.4) is 0 Å². The summed E-state index contributed by atoms with van der Waals surface area (Å²) >= 11 is 0. The van der Waals surface area contributed by atoms with Crippen LogP contribution < -0.4 is 9.80 Å². The van der Waals surface area contributed by atoms with Crippen LogP contribution in [0.25, 0.3) is 11.2 Å². The lowest BCUT2D eigenvalue weighted by molar-refractivity contribution is -0.325. The van der Waals surface area contributed by atoms with E-state index in [-0.39, 0.29) is 48.6 Å². The third kappa shape index (κ3) is 5.61. The molecule has 3 aromatic rings. The number of nitrogens with zero attached hydrogens (tertiary/aromatic N) is 8. The maximum absolute atomic E-state index is 13.4. The summed E-state index contributed by atoms with van der Waals surface area (Å²) in [4.78, 5) is 28.8. The summed E-state index contributed by atoms with van der Waals surface area (Å²) in [6.45, 7) is -2.05. The molecular formula is C23H22F8N8O3. The molecule has 1 N–H and O–H groups in total. The van der Waals surface area contributed by atoms with E-state index in [1.807, 2.05) is 0 Å². The molecule has 0 bridgehead atoms. The van der Waals surface area contributed by atoms with Crippen LogP contribution in [0.4, 0.5) is 51.4 Å². The number of carbonyl (C=O) groups excluding carboxylic acids is 1. The molecule has 2 fully saturated rings. The quantitative estimate of drug-likeness (QED) is 0.404. The van der Waals surface area contributed by atoms with Crippen LogP contribution in [0.5, 0.6) is 0 Å². The van der Waals surface area contributed by atoms with Gasteiger partial charge in [-0.2, -0.15) is 18.3 Å². The van der Waals surface area contributed by atoms with Gasteiger partial charge in [0, 0.05) is 19.6 Å². The normalized spacial score (nSPS) is 19.6. The Hall–Kier alpha value is -3.87. The first-order valence-electron chi connectivity index (χ1n) is 12.4. The van der Waals surface area contributed by atoms with Gasteiger partial charge in [0.05, 0.1) is 36.4 Å². The standard InChI is InChI=1S/C23H22F8N8O3/c24-16(25)12-38-18-14(10-34-38)32-11-17(35-18)36-5-3-21(4-6-36)19(40)39(13-1-2-15(33-9-13)22(26,27)28)20(41)37(21)7-8-42-23(29,30)31/h1-2,9-11,16,19,40H,3-8,12H2. The highest BCUT2D eigenvalue weighted by Gasteiger charge is 2.58. The van der Waals surface area contributed by atoms with Crippen molar-refractivity contribution in [3.63, 3.8) is 0 Å². The lowest BCUT2D eigenvalue weighted by Crippen LogP contribution is -2.59. The number of halogens is 8. The molecule has 1 spiro atoms. The second-order valence-corrected chi connectivity index (χ2v) is 9.62. The number of amides is 2. The third-order valence-corrected chi connectivity index (χ3v) is 7.19. The number of pyridine rings is 1. The van der Waals surface area contributed by atoms with Gasteiger partial charge in [0.1, 0.15) is 23.6 Å². The van der Waals surface area contributed by atoms with Crippen molar-refractivity contribution >= 4 is 28.7 Å². The van der Waals surface area contributed by atoms with Gasteiger partial charge < -0.3 is 14.9 Å². The van der Waals surface area contributed by atoms with Gasteiger partial charge in [-0.05, 0) is 25.0 Å². The molecule has 228 valence electrons. The second-order valence-electron chi connectivity index (χ2n) is 9.62. The first-order valence-corrected chi connectivity index (χ1v) is 12.4. The Balaban J connectivity index is 1.40. The van der Waals surface area contributed by atoms with Crippen molar-refractivity contribution in [2.24, 2.45) is 0 Å². The van der Waals surface area contributed by atoms with E-state index in [2.05, 4.69) is 24.8 Å². The van der Waals surface area contributed by atoms with Gasteiger partial charge in [0.25, 0.3) is 6.43 Å². The summed E-state index contributed by atoms with van der Waals surface area (Å²) in [6.07, 6.45) is -10.7. The molecule has 0 saturated carbocycles. The number of fused-ring (bicyclic) bond motifs is 1. The zero-order valence-corrected chi connectivity index (χ0v) is 21.4. The maximum atomic E-state index is 13.4. The number of ether oxygens (including phenoxy) is 1. The number of urea groups is 1. The van der Waals surface area contributed by atoms with Crippen LogP contribution in [0.15, 0.2) is 30.7 Å². The van der Waals surface area contributed by atoms with Crippen LogP contribution in [0.1, 0.15) is 18.5 Å². The molecule has 1 unspecified atom stereocenters. The number of aliphatic hydroxyl groups is 1. The number of hydrogen-bond acceptors (Lipinski definition) is 8. The largest absolute Gasteiger partial charge is 0.522 e. The SMILES string of the molecule is O=C1N(c2ccc(C(F)(F)F)nc2)C(O)C2(CCN(c3cnc4cnn(CC(F)F)c4n3)CC2)N1CCOC(F)(F)F. The van der Waals surface area contributed by atoms with Crippen LogP contribution in [0, 0.1) is 0 Å². The van der Waals surface area contributed by atoms with E-state index < -0.39 is 62.2 Å². The van der Waals surface area contributed by atoms with E-state index >= 15 is 0 Å². The monoisotopic (exact) mass is 610 g/mol. The topological polar surface area (TPSA) is 113 Å². The van der Waals surface area contributed by atoms with Crippen LogP contribution >= 0.6 is 0 Å². The van der Waals surface area contributed by atoms with Gasteiger partial charge in [-0.3, -0.25) is 9.64 Å². The zero-order chi connectivity index (χ0) is 30.4. The molecule has 0 aliphatic carbocycles. The average Bonchev–Trinajstić information content (AvgIpc) is 3.39. The van der Waals surface area contributed by atoms with Crippen LogP contribution in [-0.2, 0) is 17.5 Å². The van der Waals surface area contributed by atoms with Crippen molar-refractivity contribution in [2.45, 2.75) is 50.1 Å². The summed E-state index contributed by atoms with van der Waals surface area (Å²) in [7, 11) is 0. The molecule has 42 heavy (non-hydrogen) atoms. The summed E-state index contributed by atoms with van der Waals surface area (Å²) in [5, 5.41) is 15.2. The number of anilines is 2. The van der Waals surface area contributed by atoms with Gasteiger partial charge in [0.2, 0.25) is 0 Å². The number of rotatable bonds is 7. The van der Waals surface area contributed by atoms with E-state index in [1.165, 1.54) is 12.4 Å². The predicted molar refractivity (Wildman–Crippen MR) is 127 cm³/mol. The van der Waals surface area contributed by atoms with Gasteiger partial charge in [-0.1, -0.05) is 0 Å². The smallest absolute Gasteiger partial charge is 0.371 e. The van der Waals surface area contributed by atoms with Gasteiger partial charge in [0.15, 0.2) is 11.9 Å². The summed E-state index contributed by atoms with van der Waals surface area (Å²) in [6, 6.07) is 0.608. The number of piperidine rings is 1. The van der Waals surface area contributed by atoms with Crippen molar-refractivity contribution in [1.29, 1.82) is 0 Å². The van der Waals surface area contributed by atoms with E-state index in [4.69, 9.17) is 0 Å². The minimum Gasteiger partial charge on any atom is -0.371 e. The highest BCUT2D eigenvalue weighted by Crippen LogP contribution is 2.43. The molecule has 19 heteroatoms. The second kappa shape index (κ2) is 10.8. The Morgan fingerprint density at radius 1 is 1.05 bits per heavy atom. The summed E-state index contributed by atoms with van der Waals surface area (Å²) < 4.78 is 108. The predicted octanol–water partition coefficient (Wildman–Crippen LogP) is 3.64. The Bertz CT molecular complexity index is 1420. The van der Waals surface area contributed by atoms with Crippen LogP contribution in [0.2, 0.25) is 0 Å². The van der Waals surface area contributed by atoms with Gasteiger partial charge >= 0.3 is 18.6 Å². The van der Waals surface area contributed by atoms with E-state index in [0.717, 1.165) is 26.7 Å². The highest BCUT2D eigenvalue weighted by atomic mass is 19.4. The molecular weight excluding hydrogens is 588 g/mol. The Labute approximate surface area is 231 Å². The molecule has 1 atom stereocenters. The number of aromatic nitrogens is 5. The highest BCUT2D eigenvalue weighted by molar-refractivity contribution is 5.96. The lowest BCUT2D eigenvalue weighted by atomic mass is 9.85. The number of aliphatic hydroxyl groups excluding tert-OH is 1. The molecule has 2 saturated heterocycles. The fourth-order valence-electron chi connectivity index (χ4n) is 5.23. The first kappa shape index (κ1) is 29.6. The minimum absolute atomic E-state index is 0.00744. The molecule has 2 amide bonds. The van der Waals surface area contributed by atoms with Crippen LogP contribution in [-0.4, -0.2) is 91.6 Å². The van der Waals surface area contributed by atoms with Crippen molar-refractivity contribution in [2.75, 3.05) is 36.0 Å². The molecule has 11 nitrogen and oxygen atoms in total. The minimum atomic E-state index is -4.98. The fourth-order valence-corrected chi connectivity index (χ4v) is 5.23. The van der Waals surface area contributed by atoms with E-state index in [0.29, 0.717) is 6.07 Å². The molecule has 3 aromatic heterocycles. The zero-order valence-electron chi connectivity index (χ0n) is 21.4. The third-order valence-electron chi connectivity index (χ3n) is 7.19. The Morgan fingerprint density at radius 2 is 1.76 bits per heavy atom. The molecule has 2 aliphatic rings. The maximum Gasteiger partial charge on any atom is 0.522 e. The summed E-state index contributed by atoms with van der Waals surface area (Å²) in [5.41, 5.74) is -2.50. The van der Waals surface area contributed by atoms with Gasteiger partial charge in [-0.25, -0.2) is 33.2 Å². The number of alkyl halides is 8. The van der Waals surface area contributed by atoms with Crippen molar-refractivity contribution in [1.82, 2.24) is 29.6 Å². The molecule has 0 aromatic carbocycles. The number of carbonyl (C=O) groups is 1. The van der Waals surface area contributed by atoms with E-state index in [1.54, 1.807) is 4.90 Å². The molecule has 2 aliphatic heterocycles. The van der Waals surface area contributed by atoms with Gasteiger partial charge in [-0.15, -0.1) is 13.2 Å². The Kier molecular flexibility index (Phi) is 7.58. The average molecular weight is 610 g/mol. The van der Waals surface area contributed by atoms with Crippen molar-refractivity contribution < 1.29 is 49.8 Å². The lowest BCUT2D eigenvalue weighted by Gasteiger charge is -2.45. The molecule has 5 rings (SSSR count). The Morgan fingerprint density at radius 3 is 2.36 bits per heavy atom. The molecule has 0 radical (unpaired) electrons. The number of hydrogen-bond donors (Lipinski definition) is 1. The molecule has 5 heterocycles. The first-order chi connectivity index (χ1) is 19.7. The fraction of sp³-hybridized carbons (Fsp3) is 0.522. The van der Waals surface area contributed by atoms with Crippen molar-refractivity contribution in [3.8, 4) is 0 Å². The van der Waals surface area contributed by atoms with Crippen molar-refractivity contribution in [3.05, 3.63) is 36.4 Å².